The molecule has 6 nitrogen and oxygen atoms in total. The van der Waals surface area contributed by atoms with Gasteiger partial charge in [0.15, 0.2) is 0 Å². The highest BCUT2D eigenvalue weighted by Gasteiger charge is 2.67. The van der Waals surface area contributed by atoms with Crippen molar-refractivity contribution in [2.24, 2.45) is 23.2 Å². The number of nitrogens with zero attached hydrogens (tertiary/aromatic N) is 3. The zero-order chi connectivity index (χ0) is 19.3. The summed E-state index contributed by atoms with van der Waals surface area (Å²) in [6.45, 7) is 1.13. The molecule has 5 atom stereocenters. The third-order valence-electron chi connectivity index (χ3n) is 8.17. The van der Waals surface area contributed by atoms with E-state index < -0.39 is 16.1 Å². The lowest BCUT2D eigenvalue weighted by molar-refractivity contribution is -0.190. The molecule has 1 aromatic heterocycles. The van der Waals surface area contributed by atoms with Crippen LogP contribution in [0, 0.1) is 23.2 Å². The summed E-state index contributed by atoms with van der Waals surface area (Å²) >= 11 is 0. The van der Waals surface area contributed by atoms with Crippen molar-refractivity contribution in [3.63, 3.8) is 0 Å². The quantitative estimate of drug-likeness (QED) is 0.839. The highest BCUT2D eigenvalue weighted by Crippen LogP contribution is 2.67. The molecule has 2 aliphatic heterocycles. The van der Waals surface area contributed by atoms with Gasteiger partial charge in [-0.1, -0.05) is 24.3 Å². The summed E-state index contributed by atoms with van der Waals surface area (Å²) in [5.74, 6) is 0.696. The van der Waals surface area contributed by atoms with Gasteiger partial charge in [-0.2, -0.15) is 0 Å². The van der Waals surface area contributed by atoms with Gasteiger partial charge >= 0.3 is 0 Å². The fourth-order valence-corrected chi connectivity index (χ4v) is 7.82. The van der Waals surface area contributed by atoms with E-state index in [2.05, 4.69) is 33.8 Å². The highest BCUT2D eigenvalue weighted by molar-refractivity contribution is 7.88. The van der Waals surface area contributed by atoms with E-state index in [1.54, 1.807) is 4.31 Å². The molecule has 3 heterocycles. The molecule has 3 fully saturated rings. The number of hydrogen-bond donors (Lipinski definition) is 1. The largest absolute Gasteiger partial charge is 0.392 e. The van der Waals surface area contributed by atoms with Gasteiger partial charge in [0.1, 0.15) is 0 Å². The maximum Gasteiger partial charge on any atom is 0.211 e. The Kier molecular flexibility index (Phi) is 3.35. The molecular weight excluding hydrogens is 374 g/mol. The Morgan fingerprint density at radius 1 is 1.18 bits per heavy atom. The number of aromatic nitrogens is 2. The van der Waals surface area contributed by atoms with Crippen molar-refractivity contribution < 1.29 is 13.5 Å². The van der Waals surface area contributed by atoms with Crippen LogP contribution in [0.25, 0.3) is 11.3 Å². The molecule has 1 spiro atoms. The van der Waals surface area contributed by atoms with Gasteiger partial charge in [-0.3, -0.25) is 0 Å². The minimum absolute atomic E-state index is 0.107. The Balaban J connectivity index is 1.33. The van der Waals surface area contributed by atoms with Crippen molar-refractivity contribution in [1.29, 1.82) is 0 Å². The molecule has 1 aromatic carbocycles. The van der Waals surface area contributed by atoms with Crippen LogP contribution in [0.5, 0.6) is 0 Å². The van der Waals surface area contributed by atoms with Crippen LogP contribution in [-0.2, 0) is 10.0 Å². The van der Waals surface area contributed by atoms with Crippen LogP contribution in [-0.4, -0.2) is 52.8 Å². The van der Waals surface area contributed by atoms with E-state index in [-0.39, 0.29) is 29.2 Å². The van der Waals surface area contributed by atoms with Crippen molar-refractivity contribution in [3.8, 4) is 11.3 Å². The molecule has 0 radical (unpaired) electrons. The van der Waals surface area contributed by atoms with E-state index >= 15 is 0 Å². The standard InChI is InChI=1S/C21H25N3O3S/c1-28(26,27)23-10-13-6-7-14(11-23)21(13)8-17(20(21)25)19-16-5-3-2-4-15(16)18-9-22-12-24(18)19/h2-5,9,12-14,17,19-20,25H,6-8,10-11H2,1H3/t13?,14?,17?,19-,20?,21?/m0/s1. The number of aliphatic hydroxyl groups is 1. The lowest BCUT2D eigenvalue weighted by Crippen LogP contribution is -2.65. The lowest BCUT2D eigenvalue weighted by Gasteiger charge is -2.61. The van der Waals surface area contributed by atoms with Crippen LogP contribution in [0.2, 0.25) is 0 Å². The Morgan fingerprint density at radius 2 is 1.89 bits per heavy atom. The molecule has 0 amide bonds. The Labute approximate surface area is 165 Å². The van der Waals surface area contributed by atoms with Gasteiger partial charge in [0.05, 0.1) is 36.6 Å². The molecule has 28 heavy (non-hydrogen) atoms. The van der Waals surface area contributed by atoms with E-state index in [1.807, 2.05) is 12.5 Å². The molecule has 7 heteroatoms. The van der Waals surface area contributed by atoms with Crippen LogP contribution in [0.1, 0.15) is 30.9 Å². The van der Waals surface area contributed by atoms with Crippen LogP contribution >= 0.6 is 0 Å². The zero-order valence-electron chi connectivity index (χ0n) is 15.9. The Bertz CT molecular complexity index is 1050. The first kappa shape index (κ1) is 17.2. The summed E-state index contributed by atoms with van der Waals surface area (Å²) in [7, 11) is -3.17. The van der Waals surface area contributed by atoms with E-state index in [4.69, 9.17) is 0 Å². The van der Waals surface area contributed by atoms with Crippen molar-refractivity contribution in [1.82, 2.24) is 13.9 Å². The van der Waals surface area contributed by atoms with Crippen molar-refractivity contribution in [3.05, 3.63) is 42.4 Å². The number of rotatable bonds is 2. The second kappa shape index (κ2) is 5.46. The van der Waals surface area contributed by atoms with Crippen LogP contribution in [0.4, 0.5) is 0 Å². The third kappa shape index (κ3) is 2.00. The molecule has 2 bridgehead atoms. The molecule has 2 aromatic rings. The second-order valence-electron chi connectivity index (χ2n) is 9.19. The predicted octanol–water partition coefficient (Wildman–Crippen LogP) is 2.12. The van der Waals surface area contributed by atoms with Gasteiger partial charge in [0.25, 0.3) is 0 Å². The lowest BCUT2D eigenvalue weighted by atomic mass is 9.48. The first-order valence-electron chi connectivity index (χ1n) is 10.2. The monoisotopic (exact) mass is 399 g/mol. The first-order valence-corrected chi connectivity index (χ1v) is 12.0. The van der Waals surface area contributed by atoms with Crippen molar-refractivity contribution >= 4 is 10.0 Å². The fraction of sp³-hybridized carbons (Fsp3) is 0.571. The summed E-state index contributed by atoms with van der Waals surface area (Å²) in [4.78, 5) is 4.35. The Morgan fingerprint density at radius 3 is 2.57 bits per heavy atom. The average Bonchev–Trinajstić information content (AvgIpc) is 3.29. The number of benzene rings is 1. The molecule has 4 unspecified atom stereocenters. The maximum absolute atomic E-state index is 12.1. The van der Waals surface area contributed by atoms with E-state index in [0.717, 1.165) is 25.0 Å². The molecule has 1 N–H and O–H groups in total. The summed E-state index contributed by atoms with van der Waals surface area (Å²) in [5.41, 5.74) is 3.51. The van der Waals surface area contributed by atoms with Gasteiger partial charge in [-0.15, -0.1) is 0 Å². The number of hydrogen-bond acceptors (Lipinski definition) is 4. The van der Waals surface area contributed by atoms with Gasteiger partial charge in [0, 0.05) is 30.0 Å². The summed E-state index contributed by atoms with van der Waals surface area (Å²) in [6, 6.07) is 8.56. The predicted molar refractivity (Wildman–Crippen MR) is 105 cm³/mol. The average molecular weight is 400 g/mol. The number of fused-ring (bicyclic) bond motifs is 3. The Hall–Kier alpha value is -1.70. The number of aliphatic hydroxyl groups excluding tert-OH is 1. The molecular formula is C21H25N3O3S. The molecule has 1 saturated heterocycles. The zero-order valence-corrected chi connectivity index (χ0v) is 16.7. The van der Waals surface area contributed by atoms with Gasteiger partial charge < -0.3 is 9.67 Å². The normalized spacial score (nSPS) is 39.0. The van der Waals surface area contributed by atoms with Crippen molar-refractivity contribution in [2.45, 2.75) is 31.4 Å². The molecule has 148 valence electrons. The van der Waals surface area contributed by atoms with Gasteiger partial charge in [-0.05, 0) is 36.7 Å². The SMILES string of the molecule is CS(=O)(=O)N1CC2CCC(C1)C21CC([C@@H]2c3ccccc3-c3cncn32)C1O. The highest BCUT2D eigenvalue weighted by atomic mass is 32.2. The third-order valence-corrected chi connectivity index (χ3v) is 9.41. The summed E-state index contributed by atoms with van der Waals surface area (Å²) in [6.07, 6.45) is 7.74. The first-order chi connectivity index (χ1) is 13.4. The topological polar surface area (TPSA) is 75.4 Å². The molecule has 6 rings (SSSR count). The van der Waals surface area contributed by atoms with Gasteiger partial charge in [0.2, 0.25) is 10.0 Å². The van der Waals surface area contributed by atoms with Crippen LogP contribution in [0.15, 0.2) is 36.8 Å². The smallest absolute Gasteiger partial charge is 0.211 e. The van der Waals surface area contributed by atoms with E-state index in [1.165, 1.54) is 17.4 Å². The molecule has 2 aliphatic carbocycles. The molecule has 2 saturated carbocycles. The minimum atomic E-state index is -3.17. The van der Waals surface area contributed by atoms with Crippen LogP contribution < -0.4 is 0 Å². The second-order valence-corrected chi connectivity index (χ2v) is 11.2. The van der Waals surface area contributed by atoms with Crippen LogP contribution in [0.3, 0.4) is 0 Å². The molecule has 4 aliphatic rings. The summed E-state index contributed by atoms with van der Waals surface area (Å²) in [5, 5.41) is 11.5. The summed E-state index contributed by atoms with van der Waals surface area (Å²) < 4.78 is 28.0. The van der Waals surface area contributed by atoms with Gasteiger partial charge in [-0.25, -0.2) is 17.7 Å². The maximum atomic E-state index is 12.1. The fourth-order valence-electron chi connectivity index (χ4n) is 6.92. The number of imidazole rings is 1. The number of sulfonamides is 1. The van der Waals surface area contributed by atoms with E-state index in [0.29, 0.717) is 13.1 Å². The number of piperidine rings is 1. The van der Waals surface area contributed by atoms with Crippen molar-refractivity contribution in [2.75, 3.05) is 19.3 Å². The van der Waals surface area contributed by atoms with E-state index in [9.17, 15) is 13.5 Å². The minimum Gasteiger partial charge on any atom is -0.392 e.